The second kappa shape index (κ2) is 5.40. The van der Waals surface area contributed by atoms with Crippen molar-refractivity contribution in [2.24, 2.45) is 11.3 Å². The van der Waals surface area contributed by atoms with Gasteiger partial charge in [0, 0.05) is 19.5 Å². The van der Waals surface area contributed by atoms with Crippen molar-refractivity contribution in [3.8, 4) is 5.75 Å². The molecule has 1 heterocycles. The van der Waals surface area contributed by atoms with Gasteiger partial charge in [0.1, 0.15) is 11.4 Å². The third-order valence-electron chi connectivity index (χ3n) is 4.60. The molecule has 1 N–H and O–H groups in total. The van der Waals surface area contributed by atoms with Crippen LogP contribution in [0.15, 0.2) is 18.2 Å². The van der Waals surface area contributed by atoms with E-state index in [2.05, 4.69) is 65.1 Å². The number of nitrogens with one attached hydrogen (secondary N) is 1. The highest BCUT2D eigenvalue weighted by Crippen LogP contribution is 2.35. The summed E-state index contributed by atoms with van der Waals surface area (Å²) in [6, 6.07) is 6.59. The summed E-state index contributed by atoms with van der Waals surface area (Å²) in [5, 5.41) is 3.59. The number of fused-ring (bicyclic) bond motifs is 1. The zero-order valence-corrected chi connectivity index (χ0v) is 13.8. The summed E-state index contributed by atoms with van der Waals surface area (Å²) in [7, 11) is 0. The number of benzene rings is 1. The molecule has 0 unspecified atom stereocenters. The lowest BCUT2D eigenvalue weighted by atomic mass is 9.81. The van der Waals surface area contributed by atoms with E-state index in [1.807, 2.05) is 0 Å². The molecular weight excluding hydrogens is 246 g/mol. The van der Waals surface area contributed by atoms with Crippen molar-refractivity contribution in [2.75, 3.05) is 6.54 Å². The highest BCUT2D eigenvalue weighted by atomic mass is 16.5. The summed E-state index contributed by atoms with van der Waals surface area (Å²) in [5.41, 5.74) is 2.98. The van der Waals surface area contributed by atoms with Crippen molar-refractivity contribution >= 4 is 0 Å². The average molecular weight is 275 g/mol. The van der Waals surface area contributed by atoms with Crippen molar-refractivity contribution < 1.29 is 4.74 Å². The number of rotatable bonds is 5. The first-order valence-electron chi connectivity index (χ1n) is 7.71. The molecule has 1 aliphatic heterocycles. The van der Waals surface area contributed by atoms with Crippen LogP contribution in [0.2, 0.25) is 0 Å². The molecule has 2 rings (SSSR count). The van der Waals surface area contributed by atoms with Crippen molar-refractivity contribution in [1.82, 2.24) is 5.32 Å². The van der Waals surface area contributed by atoms with Gasteiger partial charge in [-0.25, -0.2) is 0 Å². The molecule has 0 fully saturated rings. The molecule has 0 amide bonds. The Morgan fingerprint density at radius 1 is 1.30 bits per heavy atom. The maximum absolute atomic E-state index is 5.92. The predicted octanol–water partition coefficient (Wildman–Crippen LogP) is 4.17. The normalized spacial score (nSPS) is 17.1. The molecule has 0 spiro atoms. The zero-order chi connectivity index (χ0) is 15.0. The fourth-order valence-electron chi connectivity index (χ4n) is 2.51. The maximum Gasteiger partial charge on any atom is 0.123 e. The Hall–Kier alpha value is -1.02. The summed E-state index contributed by atoms with van der Waals surface area (Å²) in [4.78, 5) is 0. The van der Waals surface area contributed by atoms with Crippen molar-refractivity contribution in [1.29, 1.82) is 0 Å². The Morgan fingerprint density at radius 3 is 2.65 bits per heavy atom. The first-order chi connectivity index (χ1) is 9.20. The Balaban J connectivity index is 1.93. The van der Waals surface area contributed by atoms with E-state index in [9.17, 15) is 0 Å². The average Bonchev–Trinajstić information content (AvgIpc) is 2.61. The van der Waals surface area contributed by atoms with E-state index < -0.39 is 0 Å². The lowest BCUT2D eigenvalue weighted by Crippen LogP contribution is -2.33. The van der Waals surface area contributed by atoms with Gasteiger partial charge in [0.05, 0.1) is 0 Å². The fraction of sp³-hybridized carbons (Fsp3) is 0.667. The van der Waals surface area contributed by atoms with Crippen LogP contribution >= 0.6 is 0 Å². The molecule has 2 nitrogen and oxygen atoms in total. The Kier molecular flexibility index (Phi) is 4.15. The van der Waals surface area contributed by atoms with E-state index >= 15 is 0 Å². The summed E-state index contributed by atoms with van der Waals surface area (Å²) in [5.74, 6) is 1.74. The van der Waals surface area contributed by atoms with Crippen LogP contribution in [0.3, 0.4) is 0 Å². The minimum atomic E-state index is -0.0476. The quantitative estimate of drug-likeness (QED) is 0.870. The molecule has 0 aromatic heterocycles. The molecule has 1 aromatic rings. The molecule has 0 radical (unpaired) electrons. The van der Waals surface area contributed by atoms with Gasteiger partial charge in [0.2, 0.25) is 0 Å². The van der Waals surface area contributed by atoms with Crippen LogP contribution in [-0.4, -0.2) is 12.1 Å². The van der Waals surface area contributed by atoms with Gasteiger partial charge < -0.3 is 10.1 Å². The van der Waals surface area contributed by atoms with E-state index in [1.165, 1.54) is 11.1 Å². The lowest BCUT2D eigenvalue weighted by Gasteiger charge is -2.29. The third kappa shape index (κ3) is 3.54. The summed E-state index contributed by atoms with van der Waals surface area (Å²) in [6.45, 7) is 15.5. The Labute approximate surface area is 123 Å². The molecule has 0 saturated carbocycles. The van der Waals surface area contributed by atoms with Crippen LogP contribution < -0.4 is 10.1 Å². The molecule has 0 aliphatic carbocycles. The van der Waals surface area contributed by atoms with Gasteiger partial charge >= 0.3 is 0 Å². The van der Waals surface area contributed by atoms with Crippen LogP contribution in [0.25, 0.3) is 0 Å². The third-order valence-corrected chi connectivity index (χ3v) is 4.60. The monoisotopic (exact) mass is 275 g/mol. The van der Waals surface area contributed by atoms with Crippen LogP contribution in [0, 0.1) is 11.3 Å². The summed E-state index contributed by atoms with van der Waals surface area (Å²) < 4.78 is 5.92. The molecule has 1 aliphatic rings. The first kappa shape index (κ1) is 15.4. The summed E-state index contributed by atoms with van der Waals surface area (Å²) in [6.07, 6.45) is 1.01. The smallest absolute Gasteiger partial charge is 0.123 e. The van der Waals surface area contributed by atoms with Crippen LogP contribution in [0.5, 0.6) is 5.75 Å². The largest absolute Gasteiger partial charge is 0.487 e. The maximum atomic E-state index is 5.92. The molecule has 20 heavy (non-hydrogen) atoms. The van der Waals surface area contributed by atoms with Gasteiger partial charge in [-0.2, -0.15) is 0 Å². The second-order valence-electron chi connectivity index (χ2n) is 7.73. The van der Waals surface area contributed by atoms with Gasteiger partial charge in [-0.3, -0.25) is 0 Å². The molecule has 112 valence electrons. The highest BCUT2D eigenvalue weighted by molar-refractivity contribution is 5.41. The topological polar surface area (TPSA) is 21.3 Å². The Morgan fingerprint density at radius 2 is 2.00 bits per heavy atom. The lowest BCUT2D eigenvalue weighted by molar-refractivity contribution is 0.138. The van der Waals surface area contributed by atoms with E-state index in [1.54, 1.807) is 0 Å². The molecule has 0 atom stereocenters. The van der Waals surface area contributed by atoms with E-state index in [-0.39, 0.29) is 5.60 Å². The SMILES string of the molecule is CC(C)C(C)(C)CNCc1ccc2c(c1)CC(C)(C)O2. The minimum Gasteiger partial charge on any atom is -0.487 e. The first-order valence-corrected chi connectivity index (χ1v) is 7.71. The van der Waals surface area contributed by atoms with Gasteiger partial charge in [-0.05, 0) is 42.4 Å². The predicted molar refractivity (Wildman–Crippen MR) is 85.2 cm³/mol. The second-order valence-corrected chi connectivity index (χ2v) is 7.73. The van der Waals surface area contributed by atoms with Crippen LogP contribution in [0.4, 0.5) is 0 Å². The number of hydrogen-bond acceptors (Lipinski definition) is 2. The molecule has 0 bridgehead atoms. The van der Waals surface area contributed by atoms with E-state index in [0.29, 0.717) is 11.3 Å². The van der Waals surface area contributed by atoms with Crippen LogP contribution in [0.1, 0.15) is 52.7 Å². The van der Waals surface area contributed by atoms with E-state index in [4.69, 9.17) is 4.74 Å². The molecule has 1 aromatic carbocycles. The van der Waals surface area contributed by atoms with Crippen LogP contribution in [-0.2, 0) is 13.0 Å². The summed E-state index contributed by atoms with van der Waals surface area (Å²) >= 11 is 0. The number of hydrogen-bond donors (Lipinski definition) is 1. The number of ether oxygens (including phenoxy) is 1. The standard InChI is InChI=1S/C18H29NO/c1-13(2)17(3,4)12-19-11-14-7-8-16-15(9-14)10-18(5,6)20-16/h7-9,13,19H,10-12H2,1-6H3. The van der Waals surface area contributed by atoms with Gasteiger partial charge in [0.25, 0.3) is 0 Å². The molecule has 0 saturated heterocycles. The van der Waals surface area contributed by atoms with Gasteiger partial charge in [-0.15, -0.1) is 0 Å². The zero-order valence-electron chi connectivity index (χ0n) is 13.8. The fourth-order valence-corrected chi connectivity index (χ4v) is 2.51. The van der Waals surface area contributed by atoms with Gasteiger partial charge in [0.15, 0.2) is 0 Å². The van der Waals surface area contributed by atoms with Crippen molar-refractivity contribution in [2.45, 2.75) is 60.1 Å². The van der Waals surface area contributed by atoms with Crippen molar-refractivity contribution in [3.05, 3.63) is 29.3 Å². The minimum absolute atomic E-state index is 0.0476. The molecule has 2 heteroatoms. The molecular formula is C18H29NO. The van der Waals surface area contributed by atoms with Crippen molar-refractivity contribution in [3.63, 3.8) is 0 Å². The Bertz CT molecular complexity index is 474. The highest BCUT2D eigenvalue weighted by Gasteiger charge is 2.29. The van der Waals surface area contributed by atoms with Gasteiger partial charge in [-0.1, -0.05) is 39.8 Å². The van der Waals surface area contributed by atoms with E-state index in [0.717, 1.165) is 25.3 Å².